The molecule has 2 amide bonds. The van der Waals surface area contributed by atoms with Gasteiger partial charge in [0, 0.05) is 16.9 Å². The Morgan fingerprint density at radius 2 is 1.81 bits per heavy atom. The minimum Gasteiger partial charge on any atom is -0.318 e. The Morgan fingerprint density at radius 1 is 1.03 bits per heavy atom. The lowest BCUT2D eigenvalue weighted by atomic mass is 10.0. The topological polar surface area (TPSA) is 37.3 Å². The lowest BCUT2D eigenvalue weighted by molar-refractivity contribution is 0.194. The number of hydrogen-bond donors (Lipinski definition) is 1. The highest BCUT2D eigenvalue weighted by Crippen LogP contribution is 2.39. The van der Waals surface area contributed by atoms with Gasteiger partial charge in [0.15, 0.2) is 0 Å². The highest BCUT2D eigenvalue weighted by Gasteiger charge is 2.34. The lowest BCUT2D eigenvalue weighted by Crippen LogP contribution is -2.38. The Kier molecular flexibility index (Phi) is 5.19. The van der Waals surface area contributed by atoms with Gasteiger partial charge in [-0.2, -0.15) is 0 Å². The number of hydrogen-bond acceptors (Lipinski definition) is 1. The summed E-state index contributed by atoms with van der Waals surface area (Å²) < 4.78 is 16.2. The molecule has 1 aliphatic rings. The molecule has 0 fully saturated rings. The van der Waals surface area contributed by atoms with Crippen LogP contribution in [-0.2, 0) is 6.54 Å². The largest absolute Gasteiger partial charge is 0.322 e. The van der Waals surface area contributed by atoms with Crippen LogP contribution >= 0.6 is 11.6 Å². The van der Waals surface area contributed by atoms with Crippen molar-refractivity contribution in [2.24, 2.45) is 0 Å². The number of halogens is 2. The van der Waals surface area contributed by atoms with Gasteiger partial charge in [-0.15, -0.1) is 0 Å². The molecule has 6 heteroatoms. The van der Waals surface area contributed by atoms with Gasteiger partial charge >= 0.3 is 6.03 Å². The van der Waals surface area contributed by atoms with E-state index in [1.165, 1.54) is 6.07 Å². The molecule has 1 aliphatic heterocycles. The quantitative estimate of drug-likeness (QED) is 0.365. The van der Waals surface area contributed by atoms with Crippen LogP contribution in [0.25, 0.3) is 5.69 Å². The molecule has 1 aromatic heterocycles. The van der Waals surface area contributed by atoms with Crippen LogP contribution in [0.4, 0.5) is 14.9 Å². The van der Waals surface area contributed by atoms with Crippen molar-refractivity contribution in [1.82, 2.24) is 9.47 Å². The van der Waals surface area contributed by atoms with Crippen LogP contribution in [0, 0.1) is 12.7 Å². The zero-order valence-corrected chi connectivity index (χ0v) is 18.2. The van der Waals surface area contributed by atoms with E-state index in [4.69, 9.17) is 11.6 Å². The average molecular weight is 446 g/mol. The number of para-hydroxylation sites is 1. The summed E-state index contributed by atoms with van der Waals surface area (Å²) in [7, 11) is 0. The van der Waals surface area contributed by atoms with Gasteiger partial charge in [0.1, 0.15) is 11.9 Å². The predicted octanol–water partition coefficient (Wildman–Crippen LogP) is 6.72. The van der Waals surface area contributed by atoms with E-state index >= 15 is 0 Å². The first-order valence-electron chi connectivity index (χ1n) is 10.4. The number of aromatic nitrogens is 1. The van der Waals surface area contributed by atoms with Gasteiger partial charge in [-0.25, -0.2) is 9.18 Å². The first-order chi connectivity index (χ1) is 15.5. The first-order valence-corrected chi connectivity index (χ1v) is 10.7. The number of anilines is 1. The summed E-state index contributed by atoms with van der Waals surface area (Å²) in [6.07, 6.45) is 1.99. The maximum absolute atomic E-state index is 14.1. The monoisotopic (exact) mass is 445 g/mol. The molecule has 0 aliphatic carbocycles. The van der Waals surface area contributed by atoms with Crippen LogP contribution < -0.4 is 5.32 Å². The van der Waals surface area contributed by atoms with Crippen LogP contribution in [0.5, 0.6) is 0 Å². The van der Waals surface area contributed by atoms with Crippen LogP contribution in [-0.4, -0.2) is 15.5 Å². The number of rotatable bonds is 2. The van der Waals surface area contributed by atoms with Crippen molar-refractivity contribution in [2.75, 3.05) is 5.32 Å². The second-order valence-electron chi connectivity index (χ2n) is 7.88. The summed E-state index contributed by atoms with van der Waals surface area (Å²) in [5.41, 5.74) is 4.70. The molecule has 160 valence electrons. The number of carbonyl (C=O) groups excluding carboxylic acids is 1. The number of fused-ring (bicyclic) bond motifs is 3. The van der Waals surface area contributed by atoms with Crippen molar-refractivity contribution in [1.29, 1.82) is 0 Å². The van der Waals surface area contributed by atoms with Crippen molar-refractivity contribution in [3.63, 3.8) is 0 Å². The maximum atomic E-state index is 14.1. The number of carbonyl (C=O) groups is 1. The maximum Gasteiger partial charge on any atom is 0.322 e. The Balaban J connectivity index is 1.64. The standard InChI is InChI=1S/C26H21ClFN3O/c1-17-12-13-19(15-22(17)28)29-26(32)31-16-18-7-2-5-10-23(18)30-14-6-11-24(30)25(31)20-8-3-4-9-21(20)27/h2-15,25H,16H2,1H3,(H,29,32)/t25-/m1/s1. The van der Waals surface area contributed by atoms with E-state index in [1.807, 2.05) is 66.9 Å². The predicted molar refractivity (Wildman–Crippen MR) is 125 cm³/mol. The van der Waals surface area contributed by atoms with Gasteiger partial charge in [0.25, 0.3) is 0 Å². The van der Waals surface area contributed by atoms with Crippen LogP contribution in [0.2, 0.25) is 5.02 Å². The van der Waals surface area contributed by atoms with Crippen molar-refractivity contribution >= 4 is 23.3 Å². The molecule has 32 heavy (non-hydrogen) atoms. The molecule has 2 heterocycles. The van der Waals surface area contributed by atoms with E-state index in [0.29, 0.717) is 22.8 Å². The summed E-state index contributed by atoms with van der Waals surface area (Å²) in [6, 6.07) is 23.5. The smallest absolute Gasteiger partial charge is 0.318 e. The molecular formula is C26H21ClFN3O. The van der Waals surface area contributed by atoms with Gasteiger partial charge in [-0.3, -0.25) is 0 Å². The van der Waals surface area contributed by atoms with Gasteiger partial charge in [-0.1, -0.05) is 54.1 Å². The van der Waals surface area contributed by atoms with E-state index < -0.39 is 6.04 Å². The number of nitrogens with one attached hydrogen (secondary N) is 1. The fourth-order valence-electron chi connectivity index (χ4n) is 4.23. The normalized spacial score (nSPS) is 15.0. The highest BCUT2D eigenvalue weighted by atomic mass is 35.5. The molecule has 4 aromatic rings. The number of urea groups is 1. The van der Waals surface area contributed by atoms with Crippen molar-refractivity contribution in [2.45, 2.75) is 19.5 Å². The summed E-state index contributed by atoms with van der Waals surface area (Å²) in [5.74, 6) is -0.361. The molecule has 1 atom stereocenters. The molecule has 3 aromatic carbocycles. The molecule has 0 radical (unpaired) electrons. The number of nitrogens with zero attached hydrogens (tertiary/aromatic N) is 2. The molecule has 5 rings (SSSR count). The molecular weight excluding hydrogens is 425 g/mol. The number of amides is 2. The van der Waals surface area contributed by atoms with Gasteiger partial charge < -0.3 is 14.8 Å². The summed E-state index contributed by atoms with van der Waals surface area (Å²) in [6.45, 7) is 2.06. The third kappa shape index (κ3) is 3.55. The molecule has 0 saturated heterocycles. The minimum absolute atomic E-state index is 0.331. The molecule has 0 spiro atoms. The summed E-state index contributed by atoms with van der Waals surface area (Å²) >= 11 is 6.61. The van der Waals surface area contributed by atoms with E-state index in [1.54, 1.807) is 24.0 Å². The van der Waals surface area contributed by atoms with Gasteiger partial charge in [0.2, 0.25) is 0 Å². The number of benzene rings is 3. The van der Waals surface area contributed by atoms with Crippen molar-refractivity contribution in [3.05, 3.63) is 118 Å². The zero-order chi connectivity index (χ0) is 22.2. The molecule has 4 nitrogen and oxygen atoms in total. The highest BCUT2D eigenvalue weighted by molar-refractivity contribution is 6.31. The molecule has 0 saturated carbocycles. The average Bonchev–Trinajstić information content (AvgIpc) is 3.21. The van der Waals surface area contributed by atoms with Gasteiger partial charge in [-0.05, 0) is 60.0 Å². The van der Waals surface area contributed by atoms with Crippen LogP contribution in [0.15, 0.2) is 85.1 Å². The lowest BCUT2D eigenvalue weighted by Gasteiger charge is -2.31. The Morgan fingerprint density at radius 3 is 2.62 bits per heavy atom. The Labute approximate surface area is 190 Å². The zero-order valence-electron chi connectivity index (χ0n) is 17.4. The summed E-state index contributed by atoms with van der Waals surface area (Å²) in [4.78, 5) is 15.3. The number of aryl methyl sites for hydroxylation is 1. The second kappa shape index (κ2) is 8.17. The third-order valence-electron chi connectivity index (χ3n) is 5.85. The Bertz CT molecular complexity index is 1320. The molecule has 1 N–H and O–H groups in total. The SMILES string of the molecule is Cc1ccc(NC(=O)N2Cc3ccccc3-n3cccc3[C@H]2c2ccccc2Cl)cc1F. The van der Waals surface area contributed by atoms with E-state index in [-0.39, 0.29) is 11.8 Å². The van der Waals surface area contributed by atoms with Crippen LogP contribution in [0.3, 0.4) is 0 Å². The second-order valence-corrected chi connectivity index (χ2v) is 8.29. The third-order valence-corrected chi connectivity index (χ3v) is 6.19. The van der Waals surface area contributed by atoms with E-state index in [2.05, 4.69) is 9.88 Å². The molecule has 0 unspecified atom stereocenters. The van der Waals surface area contributed by atoms with Crippen molar-refractivity contribution < 1.29 is 9.18 Å². The fourth-order valence-corrected chi connectivity index (χ4v) is 4.47. The van der Waals surface area contributed by atoms with Crippen LogP contribution in [0.1, 0.15) is 28.4 Å². The fraction of sp³-hybridized carbons (Fsp3) is 0.115. The Hall–Kier alpha value is -3.57. The van der Waals surface area contributed by atoms with Gasteiger partial charge in [0.05, 0.1) is 17.9 Å². The van der Waals surface area contributed by atoms with E-state index in [9.17, 15) is 9.18 Å². The van der Waals surface area contributed by atoms with E-state index in [0.717, 1.165) is 22.5 Å². The molecule has 0 bridgehead atoms. The van der Waals surface area contributed by atoms with Crippen molar-refractivity contribution in [3.8, 4) is 5.69 Å². The first kappa shape index (κ1) is 20.3. The summed E-state index contributed by atoms with van der Waals surface area (Å²) in [5, 5.41) is 3.45. The minimum atomic E-state index is -0.429.